The molecule has 44 heavy (non-hydrogen) atoms. The van der Waals surface area contributed by atoms with Gasteiger partial charge in [0.05, 0.1) is 35.6 Å². The first kappa shape index (κ1) is 31.7. The molecule has 1 saturated heterocycles. The van der Waals surface area contributed by atoms with Gasteiger partial charge in [-0.3, -0.25) is 4.79 Å². The Morgan fingerprint density at radius 3 is 1.86 bits per heavy atom. The van der Waals surface area contributed by atoms with E-state index in [4.69, 9.17) is 9.16 Å². The molecular weight excluding hydrogens is 579 g/mol. The number of ether oxygens (including phenoxy) is 1. The summed E-state index contributed by atoms with van der Waals surface area (Å²) in [5, 5.41) is 1.68. The monoisotopic (exact) mass is 617 g/mol. The third-order valence-corrected chi connectivity index (χ3v) is 13.2. The molecule has 1 aliphatic rings. The number of ketones is 1. The largest absolute Gasteiger partial charge is 0.403 e. The van der Waals surface area contributed by atoms with Gasteiger partial charge in [0.2, 0.25) is 0 Å². The molecule has 0 unspecified atom stereocenters. The molecule has 230 valence electrons. The highest BCUT2D eigenvalue weighted by Gasteiger charge is 2.50. The zero-order chi connectivity index (χ0) is 31.6. The predicted octanol–water partition coefficient (Wildman–Crippen LogP) is 7.03. The van der Waals surface area contributed by atoms with E-state index in [1.54, 1.807) is 4.90 Å². The molecule has 0 bridgehead atoms. The fourth-order valence-electron chi connectivity index (χ4n) is 6.38. The Balaban J connectivity index is 1.69. The lowest BCUT2D eigenvalue weighted by Crippen LogP contribution is -2.66. The predicted molar refractivity (Wildman–Crippen MR) is 171 cm³/mol. The lowest BCUT2D eigenvalue weighted by atomic mass is 9.98. The van der Waals surface area contributed by atoms with Gasteiger partial charge in [0.1, 0.15) is 5.82 Å². The molecule has 0 aromatic heterocycles. The molecule has 0 radical (unpaired) electrons. The molecule has 2 atom stereocenters. The maximum atomic E-state index is 16.3. The molecule has 4 nitrogen and oxygen atoms in total. The number of morpholine rings is 1. The summed E-state index contributed by atoms with van der Waals surface area (Å²) in [6.45, 7) is 10.7. The first-order valence-corrected chi connectivity index (χ1v) is 16.8. The molecule has 5 rings (SSSR count). The first-order valence-electron chi connectivity index (χ1n) is 14.9. The van der Waals surface area contributed by atoms with Crippen molar-refractivity contribution in [1.82, 2.24) is 0 Å². The summed E-state index contributed by atoms with van der Waals surface area (Å²) in [4.78, 5) is 15.2. The van der Waals surface area contributed by atoms with Crippen molar-refractivity contribution in [3.05, 3.63) is 125 Å². The molecule has 1 aliphatic heterocycles. The Labute approximate surface area is 258 Å². The number of carbonyl (C=O) groups excluding carboxylic acids is 1. The number of rotatable bonds is 8. The Morgan fingerprint density at radius 1 is 0.818 bits per heavy atom. The minimum atomic E-state index is -3.08. The summed E-state index contributed by atoms with van der Waals surface area (Å²) in [6, 6.07) is 26.7. The smallest absolute Gasteiger partial charge is 0.261 e. The lowest BCUT2D eigenvalue weighted by molar-refractivity contribution is -0.00553. The van der Waals surface area contributed by atoms with E-state index in [1.807, 2.05) is 50.2 Å². The van der Waals surface area contributed by atoms with Crippen LogP contribution in [0.3, 0.4) is 0 Å². The van der Waals surface area contributed by atoms with Gasteiger partial charge < -0.3 is 14.1 Å². The van der Waals surface area contributed by atoms with Crippen molar-refractivity contribution in [3.63, 3.8) is 0 Å². The van der Waals surface area contributed by atoms with Crippen molar-refractivity contribution in [2.24, 2.45) is 0 Å². The maximum Gasteiger partial charge on any atom is 0.261 e. The van der Waals surface area contributed by atoms with E-state index < -0.39 is 37.1 Å². The minimum Gasteiger partial charge on any atom is -0.403 e. The van der Waals surface area contributed by atoms with Crippen LogP contribution in [0.5, 0.6) is 0 Å². The van der Waals surface area contributed by atoms with E-state index >= 15 is 8.78 Å². The quantitative estimate of drug-likeness (QED) is 0.157. The van der Waals surface area contributed by atoms with Gasteiger partial charge in [-0.05, 0) is 47.5 Å². The van der Waals surface area contributed by atoms with E-state index in [2.05, 4.69) is 45.0 Å². The Bertz CT molecular complexity index is 1580. The summed E-state index contributed by atoms with van der Waals surface area (Å²) >= 11 is 0. The van der Waals surface area contributed by atoms with Crippen LogP contribution in [0.4, 0.5) is 18.9 Å². The second-order valence-corrected chi connectivity index (χ2v) is 16.8. The Kier molecular flexibility index (Phi) is 9.16. The van der Waals surface area contributed by atoms with E-state index in [-0.39, 0.29) is 35.1 Å². The number of anilines is 1. The lowest BCUT2D eigenvalue weighted by Gasteiger charge is -2.43. The van der Waals surface area contributed by atoms with Crippen LogP contribution in [0.25, 0.3) is 0 Å². The SMILES string of the molecule is C[C@@H]1CN(c2c(CO[Si](c3ccccc3)(c3ccccc3)C(C)(C)C)cc(C(=O)c3ccccc3F)c(F)c2F)C[C@H](C)O1. The highest BCUT2D eigenvalue weighted by atomic mass is 28.4. The number of nitrogens with zero attached hydrogens (tertiary/aromatic N) is 1. The molecule has 1 fully saturated rings. The molecule has 0 spiro atoms. The highest BCUT2D eigenvalue weighted by molar-refractivity contribution is 6.99. The first-order chi connectivity index (χ1) is 20.9. The third-order valence-electron chi connectivity index (χ3n) is 8.22. The summed E-state index contributed by atoms with van der Waals surface area (Å²) in [5.74, 6) is -4.20. The Morgan fingerprint density at radius 2 is 1.34 bits per heavy atom. The van der Waals surface area contributed by atoms with E-state index in [9.17, 15) is 9.18 Å². The average Bonchev–Trinajstić information content (AvgIpc) is 2.99. The second-order valence-electron chi connectivity index (χ2n) is 12.5. The number of hydrogen-bond donors (Lipinski definition) is 0. The maximum absolute atomic E-state index is 16.3. The molecule has 0 N–H and O–H groups in total. The second kappa shape index (κ2) is 12.7. The van der Waals surface area contributed by atoms with Crippen LogP contribution in [0.2, 0.25) is 5.04 Å². The Hall–Kier alpha value is -3.72. The minimum absolute atomic E-state index is 0.0347. The van der Waals surface area contributed by atoms with Gasteiger partial charge in [0.15, 0.2) is 17.4 Å². The molecular formula is C36H38F3NO3Si. The number of carbonyl (C=O) groups is 1. The molecule has 0 amide bonds. The van der Waals surface area contributed by atoms with Crippen LogP contribution in [0.1, 0.15) is 56.1 Å². The zero-order valence-corrected chi connectivity index (χ0v) is 26.7. The van der Waals surface area contributed by atoms with Crippen molar-refractivity contribution >= 4 is 30.2 Å². The summed E-state index contributed by atoms with van der Waals surface area (Å²) < 4.78 is 59.8. The van der Waals surface area contributed by atoms with Crippen molar-refractivity contribution in [2.75, 3.05) is 18.0 Å². The standard InChI is InChI=1S/C36H38F3NO3Si/c1-24-21-40(22-25(2)43-24)34-26(20-30(32(38)33(34)39)35(41)29-18-12-13-19-31(29)37)23-42-44(36(3,4)5,27-14-8-6-9-15-27)28-16-10-7-11-17-28/h6-20,24-25H,21-23H2,1-5H3/t24-,25+. The van der Waals surface area contributed by atoms with Gasteiger partial charge >= 0.3 is 0 Å². The van der Waals surface area contributed by atoms with Crippen molar-refractivity contribution in [1.29, 1.82) is 0 Å². The van der Waals surface area contributed by atoms with Gasteiger partial charge in [0, 0.05) is 18.7 Å². The number of hydrogen-bond acceptors (Lipinski definition) is 4. The molecule has 8 heteroatoms. The van der Waals surface area contributed by atoms with Gasteiger partial charge in [-0.25, -0.2) is 13.2 Å². The van der Waals surface area contributed by atoms with Gasteiger partial charge in [0.25, 0.3) is 8.32 Å². The fraction of sp³-hybridized carbons (Fsp3) is 0.306. The van der Waals surface area contributed by atoms with E-state index in [0.717, 1.165) is 16.4 Å². The molecule has 0 saturated carbocycles. The zero-order valence-electron chi connectivity index (χ0n) is 25.7. The van der Waals surface area contributed by atoms with E-state index in [1.165, 1.54) is 24.3 Å². The molecule has 0 aliphatic carbocycles. The van der Waals surface area contributed by atoms with Crippen molar-refractivity contribution < 1.29 is 27.1 Å². The van der Waals surface area contributed by atoms with Crippen LogP contribution in [0.15, 0.2) is 91.0 Å². The van der Waals surface area contributed by atoms with Crippen LogP contribution in [-0.2, 0) is 15.8 Å². The summed E-state index contributed by atoms with van der Waals surface area (Å²) in [6.07, 6.45) is -0.460. The topological polar surface area (TPSA) is 38.8 Å². The molecule has 1 heterocycles. The van der Waals surface area contributed by atoms with Crippen molar-refractivity contribution in [3.8, 4) is 0 Å². The number of halogens is 3. The van der Waals surface area contributed by atoms with Gasteiger partial charge in [-0.15, -0.1) is 0 Å². The fourth-order valence-corrected chi connectivity index (χ4v) is 10.9. The summed E-state index contributed by atoms with van der Waals surface area (Å²) in [7, 11) is -3.08. The average molecular weight is 618 g/mol. The van der Waals surface area contributed by atoms with Crippen molar-refractivity contribution in [2.45, 2.75) is 58.5 Å². The van der Waals surface area contributed by atoms with E-state index in [0.29, 0.717) is 18.7 Å². The summed E-state index contributed by atoms with van der Waals surface area (Å²) in [5.41, 5.74) is -0.511. The van der Waals surface area contributed by atoms with Gasteiger partial charge in [-0.1, -0.05) is 93.6 Å². The van der Waals surface area contributed by atoms with Crippen LogP contribution >= 0.6 is 0 Å². The number of benzene rings is 4. The molecule has 4 aromatic carbocycles. The van der Waals surface area contributed by atoms with Crippen LogP contribution in [-0.4, -0.2) is 39.4 Å². The molecule has 4 aromatic rings. The third kappa shape index (κ3) is 5.98. The van der Waals surface area contributed by atoms with Crippen LogP contribution < -0.4 is 15.3 Å². The highest BCUT2D eigenvalue weighted by Crippen LogP contribution is 2.39. The van der Waals surface area contributed by atoms with Crippen LogP contribution in [0, 0.1) is 17.5 Å². The normalized spacial score (nSPS) is 17.5. The van der Waals surface area contributed by atoms with Gasteiger partial charge in [-0.2, -0.15) is 0 Å².